The summed E-state index contributed by atoms with van der Waals surface area (Å²) in [4.78, 5) is 14.2. The molecule has 5 nitrogen and oxygen atoms in total. The van der Waals surface area contributed by atoms with Crippen LogP contribution in [0.5, 0.6) is 5.75 Å². The Morgan fingerprint density at radius 2 is 2.14 bits per heavy atom. The quantitative estimate of drug-likeness (QED) is 0.911. The molecular weight excluding hydrogens is 270 g/mol. The molecule has 1 heterocycles. The van der Waals surface area contributed by atoms with Crippen LogP contribution in [0, 0.1) is 6.92 Å². The maximum atomic E-state index is 12.5. The van der Waals surface area contributed by atoms with Gasteiger partial charge in [-0.25, -0.2) is 0 Å². The molecule has 21 heavy (non-hydrogen) atoms. The number of aryl methyl sites for hydroxylation is 1. The molecule has 1 aliphatic heterocycles. The molecule has 2 rings (SSSR count). The summed E-state index contributed by atoms with van der Waals surface area (Å²) >= 11 is 0. The summed E-state index contributed by atoms with van der Waals surface area (Å²) < 4.78 is 11.2. The van der Waals surface area contributed by atoms with E-state index in [1.54, 1.807) is 11.8 Å². The molecule has 1 N–H and O–H groups in total. The van der Waals surface area contributed by atoms with Gasteiger partial charge < -0.3 is 19.5 Å². The Hall–Kier alpha value is -1.59. The third-order valence-electron chi connectivity index (χ3n) is 3.67. The van der Waals surface area contributed by atoms with Crippen molar-refractivity contribution >= 4 is 5.91 Å². The number of carbonyl (C=O) groups is 1. The van der Waals surface area contributed by atoms with E-state index >= 15 is 0 Å². The number of carbonyl (C=O) groups excluding carboxylic acids is 1. The number of ether oxygens (including phenoxy) is 2. The van der Waals surface area contributed by atoms with Gasteiger partial charge in [0.1, 0.15) is 5.75 Å². The lowest BCUT2D eigenvalue weighted by Gasteiger charge is -2.38. The molecule has 0 bridgehead atoms. The van der Waals surface area contributed by atoms with Gasteiger partial charge in [0.05, 0.1) is 25.4 Å². The summed E-state index contributed by atoms with van der Waals surface area (Å²) in [6, 6.07) is 7.61. The second-order valence-corrected chi connectivity index (χ2v) is 5.55. The van der Waals surface area contributed by atoms with Crippen LogP contribution in [-0.4, -0.2) is 53.9 Å². The zero-order valence-corrected chi connectivity index (χ0v) is 12.8. The number of hydrogen-bond donors (Lipinski definition) is 1. The van der Waals surface area contributed by atoms with E-state index in [1.807, 2.05) is 38.1 Å². The lowest BCUT2D eigenvalue weighted by atomic mass is 10.1. The molecule has 3 atom stereocenters. The zero-order valence-electron chi connectivity index (χ0n) is 12.8. The van der Waals surface area contributed by atoms with Gasteiger partial charge in [-0.15, -0.1) is 0 Å². The van der Waals surface area contributed by atoms with Crippen LogP contribution >= 0.6 is 0 Å². The van der Waals surface area contributed by atoms with Crippen molar-refractivity contribution in [1.29, 1.82) is 0 Å². The highest BCUT2D eigenvalue weighted by molar-refractivity contribution is 5.81. The van der Waals surface area contributed by atoms with Crippen molar-refractivity contribution < 1.29 is 19.4 Å². The standard InChI is InChI=1S/C16H23NO4/c1-11-4-6-14(7-5-11)21-13(3)16(19)17-8-15(9-18)20-10-12(17)2/h4-7,12-13,15,18H,8-10H2,1-3H3. The Bertz CT molecular complexity index is 474. The summed E-state index contributed by atoms with van der Waals surface area (Å²) in [5, 5.41) is 9.18. The normalized spacial score (nSPS) is 23.7. The van der Waals surface area contributed by atoms with E-state index in [0.717, 1.165) is 5.56 Å². The second-order valence-electron chi connectivity index (χ2n) is 5.55. The van der Waals surface area contributed by atoms with Gasteiger partial charge in [-0.05, 0) is 32.9 Å². The first-order chi connectivity index (χ1) is 10.0. The van der Waals surface area contributed by atoms with E-state index in [2.05, 4.69) is 0 Å². The molecule has 116 valence electrons. The summed E-state index contributed by atoms with van der Waals surface area (Å²) in [6.07, 6.45) is -0.871. The van der Waals surface area contributed by atoms with Crippen molar-refractivity contribution in [3.05, 3.63) is 29.8 Å². The fraction of sp³-hybridized carbons (Fsp3) is 0.562. The predicted molar refractivity (Wildman–Crippen MR) is 79.3 cm³/mol. The maximum absolute atomic E-state index is 12.5. The number of aliphatic hydroxyl groups is 1. The average molecular weight is 293 g/mol. The minimum Gasteiger partial charge on any atom is -0.481 e. The van der Waals surface area contributed by atoms with E-state index < -0.39 is 6.10 Å². The molecule has 0 spiro atoms. The van der Waals surface area contributed by atoms with Gasteiger partial charge in [-0.3, -0.25) is 4.79 Å². The molecule has 3 unspecified atom stereocenters. The lowest BCUT2D eigenvalue weighted by molar-refractivity contribution is -0.152. The number of morpholine rings is 1. The minimum absolute atomic E-state index is 0.00984. The van der Waals surface area contributed by atoms with Gasteiger partial charge in [0.15, 0.2) is 6.10 Å². The smallest absolute Gasteiger partial charge is 0.263 e. The third-order valence-corrected chi connectivity index (χ3v) is 3.67. The summed E-state index contributed by atoms with van der Waals surface area (Å²) in [5.41, 5.74) is 1.15. The SMILES string of the molecule is Cc1ccc(OC(C)C(=O)N2CC(CO)OCC2C)cc1. The van der Waals surface area contributed by atoms with Gasteiger partial charge >= 0.3 is 0 Å². The minimum atomic E-state index is -0.562. The van der Waals surface area contributed by atoms with Crippen LogP contribution in [0.15, 0.2) is 24.3 Å². The van der Waals surface area contributed by atoms with Crippen LogP contribution < -0.4 is 4.74 Å². The fourth-order valence-corrected chi connectivity index (χ4v) is 2.34. The van der Waals surface area contributed by atoms with Crippen LogP contribution in [0.3, 0.4) is 0 Å². The van der Waals surface area contributed by atoms with Crippen molar-refractivity contribution in [3.8, 4) is 5.75 Å². The Balaban J connectivity index is 1.99. The van der Waals surface area contributed by atoms with Gasteiger partial charge in [-0.2, -0.15) is 0 Å². The van der Waals surface area contributed by atoms with Gasteiger partial charge in [0.2, 0.25) is 0 Å². The van der Waals surface area contributed by atoms with E-state index in [4.69, 9.17) is 9.47 Å². The molecule has 1 amide bonds. The number of hydrogen-bond acceptors (Lipinski definition) is 4. The van der Waals surface area contributed by atoms with E-state index in [9.17, 15) is 9.90 Å². The van der Waals surface area contributed by atoms with Crippen LogP contribution in [-0.2, 0) is 9.53 Å². The summed E-state index contributed by atoms with van der Waals surface area (Å²) in [5.74, 6) is 0.603. The summed E-state index contributed by atoms with van der Waals surface area (Å²) in [7, 11) is 0. The first-order valence-corrected chi connectivity index (χ1v) is 7.27. The van der Waals surface area contributed by atoms with E-state index in [1.165, 1.54) is 0 Å². The number of benzene rings is 1. The first kappa shape index (κ1) is 15.8. The largest absolute Gasteiger partial charge is 0.481 e. The highest BCUT2D eigenvalue weighted by Gasteiger charge is 2.32. The van der Waals surface area contributed by atoms with Crippen LogP contribution in [0.2, 0.25) is 0 Å². The maximum Gasteiger partial charge on any atom is 0.263 e. The Morgan fingerprint density at radius 3 is 2.76 bits per heavy atom. The molecule has 1 aromatic rings. The van der Waals surface area contributed by atoms with Gasteiger partial charge in [0, 0.05) is 6.54 Å². The molecule has 0 saturated carbocycles. The van der Waals surface area contributed by atoms with Crippen molar-refractivity contribution in [3.63, 3.8) is 0 Å². The van der Waals surface area contributed by atoms with Crippen LogP contribution in [0.25, 0.3) is 0 Å². The third kappa shape index (κ3) is 3.95. The number of aliphatic hydroxyl groups excluding tert-OH is 1. The molecule has 5 heteroatoms. The number of nitrogens with zero attached hydrogens (tertiary/aromatic N) is 1. The fourth-order valence-electron chi connectivity index (χ4n) is 2.34. The van der Waals surface area contributed by atoms with Gasteiger partial charge in [-0.1, -0.05) is 17.7 Å². The Labute approximate surface area is 125 Å². The zero-order chi connectivity index (χ0) is 15.4. The molecule has 0 aliphatic carbocycles. The van der Waals surface area contributed by atoms with Crippen molar-refractivity contribution in [2.75, 3.05) is 19.8 Å². The Morgan fingerprint density at radius 1 is 1.48 bits per heavy atom. The lowest BCUT2D eigenvalue weighted by Crippen LogP contribution is -2.55. The second kappa shape index (κ2) is 6.91. The molecule has 1 saturated heterocycles. The average Bonchev–Trinajstić information content (AvgIpc) is 2.49. The molecule has 1 aliphatic rings. The molecular formula is C16H23NO4. The molecule has 0 radical (unpaired) electrons. The molecule has 0 aromatic heterocycles. The van der Waals surface area contributed by atoms with Crippen molar-refractivity contribution in [1.82, 2.24) is 4.90 Å². The highest BCUT2D eigenvalue weighted by Crippen LogP contribution is 2.17. The van der Waals surface area contributed by atoms with Crippen LogP contribution in [0.1, 0.15) is 19.4 Å². The first-order valence-electron chi connectivity index (χ1n) is 7.27. The van der Waals surface area contributed by atoms with Crippen molar-refractivity contribution in [2.45, 2.75) is 39.0 Å². The van der Waals surface area contributed by atoms with E-state index in [0.29, 0.717) is 18.9 Å². The highest BCUT2D eigenvalue weighted by atomic mass is 16.5. The number of amides is 1. The monoisotopic (exact) mass is 293 g/mol. The molecule has 1 aromatic carbocycles. The van der Waals surface area contributed by atoms with Gasteiger partial charge in [0.25, 0.3) is 5.91 Å². The Kier molecular flexibility index (Phi) is 5.20. The summed E-state index contributed by atoms with van der Waals surface area (Å²) in [6.45, 7) is 6.45. The topological polar surface area (TPSA) is 59.0 Å². The van der Waals surface area contributed by atoms with E-state index in [-0.39, 0.29) is 24.7 Å². The van der Waals surface area contributed by atoms with Crippen molar-refractivity contribution in [2.24, 2.45) is 0 Å². The van der Waals surface area contributed by atoms with Crippen LogP contribution in [0.4, 0.5) is 0 Å². The predicted octanol–water partition coefficient (Wildman–Crippen LogP) is 1.37. The number of rotatable bonds is 4. The molecule has 1 fully saturated rings.